The van der Waals surface area contributed by atoms with Crippen molar-refractivity contribution in [2.45, 2.75) is 33.6 Å². The first-order valence-corrected chi connectivity index (χ1v) is 11.0. The number of nitrogens with two attached hydrogens (primary N) is 1. The van der Waals surface area contributed by atoms with E-state index in [-0.39, 0.29) is 5.92 Å². The zero-order chi connectivity index (χ0) is 22.6. The second-order valence-corrected chi connectivity index (χ2v) is 9.15. The highest BCUT2D eigenvalue weighted by atomic mass is 32.1. The number of aromatic nitrogens is 7. The lowest BCUT2D eigenvalue weighted by Crippen LogP contribution is -2.12. The van der Waals surface area contributed by atoms with Crippen molar-refractivity contribution in [3.05, 3.63) is 64.1 Å². The Kier molecular flexibility index (Phi) is 4.66. The molecule has 0 aliphatic rings. The van der Waals surface area contributed by atoms with Crippen LogP contribution >= 0.6 is 11.3 Å². The molecule has 5 heterocycles. The van der Waals surface area contributed by atoms with Crippen LogP contribution in [0.4, 0.5) is 0 Å². The molecule has 0 aliphatic carbocycles. The number of nitrogens with zero attached hydrogens (tertiary/aromatic N) is 5. The van der Waals surface area contributed by atoms with Crippen molar-refractivity contribution < 1.29 is 4.79 Å². The first kappa shape index (κ1) is 20.1. The van der Waals surface area contributed by atoms with E-state index in [9.17, 15) is 4.79 Å². The number of aryl methyl sites for hydroxylation is 3. The van der Waals surface area contributed by atoms with Crippen LogP contribution in [0, 0.1) is 20.8 Å². The number of hydrogen-bond acceptors (Lipinski definition) is 6. The van der Waals surface area contributed by atoms with Crippen molar-refractivity contribution in [3.8, 4) is 21.7 Å². The molecule has 9 nitrogen and oxygen atoms in total. The number of amides is 1. The SMILES string of the molecule is Cc1ccc(-c2c([C@H](C)c3ncn[nH]3)nc3c(-c4c(C)n[nH]c4C)cc(C(N)=O)cn23)s1. The molecule has 1 atom stereocenters. The van der Waals surface area contributed by atoms with Crippen LogP contribution in [-0.2, 0) is 0 Å². The number of pyridine rings is 1. The van der Waals surface area contributed by atoms with Gasteiger partial charge in [0.2, 0.25) is 5.91 Å². The van der Waals surface area contributed by atoms with E-state index in [4.69, 9.17) is 10.7 Å². The molecule has 0 spiro atoms. The van der Waals surface area contributed by atoms with Gasteiger partial charge in [-0.3, -0.25) is 19.4 Å². The summed E-state index contributed by atoms with van der Waals surface area (Å²) in [6.45, 7) is 7.98. The summed E-state index contributed by atoms with van der Waals surface area (Å²) in [5.41, 5.74) is 12.0. The predicted molar refractivity (Wildman–Crippen MR) is 123 cm³/mol. The fraction of sp³-hybridized carbons (Fsp3) is 0.227. The predicted octanol–water partition coefficient (Wildman–Crippen LogP) is 3.75. The van der Waals surface area contributed by atoms with Gasteiger partial charge >= 0.3 is 0 Å². The number of fused-ring (bicyclic) bond motifs is 1. The van der Waals surface area contributed by atoms with Gasteiger partial charge in [0.25, 0.3) is 0 Å². The number of carbonyl (C=O) groups is 1. The van der Waals surface area contributed by atoms with Crippen LogP contribution in [0.5, 0.6) is 0 Å². The van der Waals surface area contributed by atoms with Gasteiger partial charge in [0.15, 0.2) is 0 Å². The average Bonchev–Trinajstić information content (AvgIpc) is 3.54. The van der Waals surface area contributed by atoms with Gasteiger partial charge in [-0.1, -0.05) is 0 Å². The van der Waals surface area contributed by atoms with Crippen molar-refractivity contribution in [3.63, 3.8) is 0 Å². The summed E-state index contributed by atoms with van der Waals surface area (Å²) in [7, 11) is 0. The van der Waals surface area contributed by atoms with Crippen LogP contribution in [0.1, 0.15) is 51.0 Å². The van der Waals surface area contributed by atoms with E-state index in [0.717, 1.165) is 50.3 Å². The molecule has 5 aromatic heterocycles. The fourth-order valence-corrected chi connectivity index (χ4v) is 5.01. The number of thiophene rings is 1. The first-order valence-electron chi connectivity index (χ1n) is 10.1. The highest BCUT2D eigenvalue weighted by Crippen LogP contribution is 2.39. The largest absolute Gasteiger partial charge is 0.366 e. The Morgan fingerprint density at radius 2 is 2.03 bits per heavy atom. The standard InChI is InChI=1S/C22H22N8OS/c1-10-5-6-16(32-10)19-18(11(2)21-24-9-25-29-21)26-22-15(17-12(3)27-28-13(17)4)7-14(20(23)31)8-30(19)22/h5-9,11H,1-4H3,(H2,23,31)(H,27,28)(H,24,25,29)/t11-/m0/s1. The molecule has 0 radical (unpaired) electrons. The Morgan fingerprint density at radius 3 is 2.62 bits per heavy atom. The van der Waals surface area contributed by atoms with Crippen molar-refractivity contribution in [1.29, 1.82) is 0 Å². The first-order chi connectivity index (χ1) is 15.3. The topological polar surface area (TPSA) is 131 Å². The lowest BCUT2D eigenvalue weighted by molar-refractivity contribution is 0.1000. The van der Waals surface area contributed by atoms with Crippen LogP contribution in [0.2, 0.25) is 0 Å². The summed E-state index contributed by atoms with van der Waals surface area (Å²) >= 11 is 1.67. The van der Waals surface area contributed by atoms with Gasteiger partial charge < -0.3 is 5.73 Å². The number of imidazole rings is 1. The highest BCUT2D eigenvalue weighted by molar-refractivity contribution is 7.15. The van der Waals surface area contributed by atoms with Crippen molar-refractivity contribution in [2.75, 3.05) is 0 Å². The molecule has 10 heteroatoms. The summed E-state index contributed by atoms with van der Waals surface area (Å²) in [6, 6.07) is 5.94. The zero-order valence-corrected chi connectivity index (χ0v) is 18.9. The number of hydrogen-bond donors (Lipinski definition) is 3. The van der Waals surface area contributed by atoms with Crippen LogP contribution in [-0.4, -0.2) is 40.7 Å². The van der Waals surface area contributed by atoms with Gasteiger partial charge in [0.05, 0.1) is 33.4 Å². The number of rotatable bonds is 5. The molecule has 0 saturated carbocycles. The molecule has 4 N–H and O–H groups in total. The molecule has 5 aromatic rings. The van der Waals surface area contributed by atoms with Gasteiger partial charge in [-0.05, 0) is 45.9 Å². The fourth-order valence-electron chi connectivity index (χ4n) is 4.09. The number of primary amides is 1. The van der Waals surface area contributed by atoms with Crippen molar-refractivity contribution in [1.82, 2.24) is 34.8 Å². The summed E-state index contributed by atoms with van der Waals surface area (Å²) < 4.78 is 1.97. The Morgan fingerprint density at radius 1 is 1.22 bits per heavy atom. The normalized spacial score (nSPS) is 12.5. The van der Waals surface area contributed by atoms with Crippen LogP contribution in [0.3, 0.4) is 0 Å². The lowest BCUT2D eigenvalue weighted by atomic mass is 10.0. The van der Waals surface area contributed by atoms with Gasteiger partial charge in [-0.25, -0.2) is 9.97 Å². The zero-order valence-electron chi connectivity index (χ0n) is 18.1. The summed E-state index contributed by atoms with van der Waals surface area (Å²) in [6.07, 6.45) is 3.26. The number of aromatic amines is 2. The van der Waals surface area contributed by atoms with Crippen LogP contribution in [0.25, 0.3) is 27.3 Å². The van der Waals surface area contributed by atoms with Gasteiger partial charge in [-0.15, -0.1) is 11.3 Å². The quantitative estimate of drug-likeness (QED) is 0.378. The maximum absolute atomic E-state index is 12.3. The highest BCUT2D eigenvalue weighted by Gasteiger charge is 2.26. The molecule has 0 aliphatic heterocycles. The summed E-state index contributed by atoms with van der Waals surface area (Å²) in [5, 5.41) is 14.3. The van der Waals surface area contributed by atoms with E-state index in [1.54, 1.807) is 23.6 Å². The second-order valence-electron chi connectivity index (χ2n) is 7.86. The molecular formula is C22H22N8OS. The number of H-pyrrole nitrogens is 2. The van der Waals surface area contributed by atoms with E-state index >= 15 is 0 Å². The molecule has 0 fully saturated rings. The monoisotopic (exact) mass is 446 g/mol. The van der Waals surface area contributed by atoms with E-state index in [2.05, 4.69) is 44.4 Å². The Hall–Kier alpha value is -3.79. The molecular weight excluding hydrogens is 424 g/mol. The number of carbonyl (C=O) groups excluding carboxylic acids is 1. The molecule has 0 aromatic carbocycles. The Labute approximate surface area is 187 Å². The third-order valence-electron chi connectivity index (χ3n) is 5.66. The molecule has 0 unspecified atom stereocenters. The van der Waals surface area contributed by atoms with Crippen molar-refractivity contribution >= 4 is 22.9 Å². The molecule has 5 rings (SSSR count). The minimum absolute atomic E-state index is 0.147. The second kappa shape index (κ2) is 7.41. The van der Waals surface area contributed by atoms with E-state index in [1.807, 2.05) is 25.2 Å². The van der Waals surface area contributed by atoms with Gasteiger partial charge in [-0.2, -0.15) is 10.2 Å². The summed E-state index contributed by atoms with van der Waals surface area (Å²) in [5.74, 6) is 0.0697. The number of nitrogens with one attached hydrogen (secondary N) is 2. The van der Waals surface area contributed by atoms with E-state index in [1.165, 1.54) is 11.2 Å². The third kappa shape index (κ3) is 3.11. The Balaban J connectivity index is 1.90. The lowest BCUT2D eigenvalue weighted by Gasteiger charge is -2.10. The molecule has 0 saturated heterocycles. The maximum Gasteiger partial charge on any atom is 0.250 e. The van der Waals surface area contributed by atoms with Gasteiger partial charge in [0.1, 0.15) is 17.8 Å². The summed E-state index contributed by atoms with van der Waals surface area (Å²) in [4.78, 5) is 23.9. The minimum Gasteiger partial charge on any atom is -0.366 e. The minimum atomic E-state index is -0.501. The van der Waals surface area contributed by atoms with Crippen LogP contribution in [0.15, 0.2) is 30.7 Å². The molecule has 32 heavy (non-hydrogen) atoms. The van der Waals surface area contributed by atoms with Crippen LogP contribution < -0.4 is 5.73 Å². The third-order valence-corrected chi connectivity index (χ3v) is 6.66. The smallest absolute Gasteiger partial charge is 0.250 e. The maximum atomic E-state index is 12.3. The van der Waals surface area contributed by atoms with E-state index < -0.39 is 5.91 Å². The average molecular weight is 447 g/mol. The van der Waals surface area contributed by atoms with E-state index in [0.29, 0.717) is 5.56 Å². The van der Waals surface area contributed by atoms with Crippen molar-refractivity contribution in [2.24, 2.45) is 5.73 Å². The molecule has 1 amide bonds. The molecule has 162 valence electrons. The Bertz CT molecular complexity index is 1440. The van der Waals surface area contributed by atoms with Gasteiger partial charge in [0, 0.05) is 27.9 Å². The molecule has 0 bridgehead atoms.